The zero-order chi connectivity index (χ0) is 24.4. The molecule has 0 bridgehead atoms. The van der Waals surface area contributed by atoms with Crippen molar-refractivity contribution in [1.82, 2.24) is 10.6 Å². The Morgan fingerprint density at radius 3 is 1.44 bits per heavy atom. The number of hydrogen-bond donors (Lipinski definition) is 4. The van der Waals surface area contributed by atoms with Gasteiger partial charge in [-0.2, -0.15) is 0 Å². The van der Waals surface area contributed by atoms with Crippen LogP contribution in [-0.4, -0.2) is 51.4 Å². The summed E-state index contributed by atoms with van der Waals surface area (Å²) in [4.78, 5) is 24.7. The minimum atomic E-state index is -0.148. The second kappa shape index (κ2) is 17.5. The zero-order valence-corrected chi connectivity index (χ0v) is 23.7. The van der Waals surface area contributed by atoms with E-state index in [1.807, 2.05) is 36.4 Å². The van der Waals surface area contributed by atoms with Crippen molar-refractivity contribution >= 4 is 58.6 Å². The first-order chi connectivity index (χ1) is 16.6. The molecule has 0 heterocycles. The molecule has 0 unspecified atom stereocenters. The van der Waals surface area contributed by atoms with Gasteiger partial charge in [-0.25, -0.2) is 0 Å². The molecule has 0 aliphatic heterocycles. The maximum atomic E-state index is 12.3. The number of nitrogens with one attached hydrogen (secondary N) is 4. The van der Waals surface area contributed by atoms with E-state index in [2.05, 4.69) is 47.2 Å². The van der Waals surface area contributed by atoms with E-state index < -0.39 is 0 Å². The minimum absolute atomic E-state index is 0.148. The van der Waals surface area contributed by atoms with Crippen LogP contribution in [0.3, 0.4) is 0 Å². The predicted octanol–water partition coefficient (Wildman–Crippen LogP) is 4.36. The van der Waals surface area contributed by atoms with Crippen molar-refractivity contribution in [2.24, 2.45) is 0 Å². The Morgan fingerprint density at radius 2 is 1.03 bits per heavy atom. The van der Waals surface area contributed by atoms with Crippen molar-refractivity contribution in [2.45, 2.75) is 65.2 Å². The summed E-state index contributed by atoms with van der Waals surface area (Å²) in [6.45, 7) is 5.75. The molecule has 0 aliphatic carbocycles. The van der Waals surface area contributed by atoms with Gasteiger partial charge in [-0.1, -0.05) is 0 Å². The molecule has 0 fully saturated rings. The van der Waals surface area contributed by atoms with Crippen molar-refractivity contribution in [2.75, 3.05) is 23.7 Å². The fraction of sp³-hybridized carbons (Fsp3) is 0.462. The quantitative estimate of drug-likeness (QED) is 0.182. The number of hydrogen-bond acceptors (Lipinski definition) is 2. The zero-order valence-electron chi connectivity index (χ0n) is 20.3. The Kier molecular flexibility index (Phi) is 14.5. The number of carbonyl (C=O) groups is 2. The summed E-state index contributed by atoms with van der Waals surface area (Å²) in [5.74, 6) is 0. The number of unbranched alkanes of at least 4 members (excludes halogenated alkanes) is 6. The molecule has 186 valence electrons. The third-order valence-electron chi connectivity index (χ3n) is 5.12. The Hall–Kier alpha value is -1.98. The molecule has 0 aromatic heterocycles. The molecular weight excluding hydrogens is 558 g/mol. The number of para-hydroxylation sites is 2. The molecule has 0 saturated heterocycles. The summed E-state index contributed by atoms with van der Waals surface area (Å²) < 4.78 is 2.32. The Morgan fingerprint density at radius 1 is 0.618 bits per heavy atom. The first kappa shape index (κ1) is 28.3. The molecule has 0 atom stereocenters. The van der Waals surface area contributed by atoms with Crippen LogP contribution in [0.4, 0.5) is 21.0 Å². The molecule has 0 spiro atoms. The number of rotatable bonds is 15. The van der Waals surface area contributed by atoms with Crippen molar-refractivity contribution in [3.8, 4) is 0 Å². The van der Waals surface area contributed by atoms with Gasteiger partial charge in [-0.15, -0.1) is 0 Å². The summed E-state index contributed by atoms with van der Waals surface area (Å²) in [5, 5.41) is 12.0. The van der Waals surface area contributed by atoms with Crippen LogP contribution >= 0.6 is 0 Å². The van der Waals surface area contributed by atoms with Gasteiger partial charge in [0.2, 0.25) is 0 Å². The van der Waals surface area contributed by atoms with E-state index in [1.165, 1.54) is 25.7 Å². The normalized spacial score (nSPS) is 10.5. The van der Waals surface area contributed by atoms with Crippen LogP contribution in [-0.2, 0) is 0 Å². The molecule has 34 heavy (non-hydrogen) atoms. The van der Waals surface area contributed by atoms with Crippen molar-refractivity contribution in [3.63, 3.8) is 0 Å². The van der Waals surface area contributed by atoms with Crippen LogP contribution in [0.15, 0.2) is 48.5 Å². The van der Waals surface area contributed by atoms with E-state index in [1.54, 1.807) is 0 Å². The predicted molar refractivity (Wildman–Crippen MR) is 146 cm³/mol. The van der Waals surface area contributed by atoms with Gasteiger partial charge in [0.1, 0.15) is 0 Å². The number of anilines is 2. The van der Waals surface area contributed by atoms with E-state index >= 15 is 0 Å². The van der Waals surface area contributed by atoms with E-state index in [9.17, 15) is 9.59 Å². The van der Waals surface area contributed by atoms with Gasteiger partial charge in [-0.3, -0.25) is 0 Å². The third kappa shape index (κ3) is 11.4. The Balaban J connectivity index is 1.87. The van der Waals surface area contributed by atoms with Gasteiger partial charge in [0, 0.05) is 0 Å². The fourth-order valence-electron chi connectivity index (χ4n) is 3.22. The number of carbonyl (C=O) groups excluding carboxylic acids is 2. The standard InChI is InChI=1S/C26H38N4O2Se2/c1-3-5-7-13-19-27-25(31)29-21-15-9-11-17-23(21)33-34-24-18-12-10-16-22(24)30-26(32)28-20-14-8-6-4-2/h9-12,15-18H,3-8,13-14,19-20H2,1-2H3,(H2,27,29,31)(H2,28,30,32). The second-order valence-corrected chi connectivity index (χ2v) is 14.2. The Bertz CT molecular complexity index is 808. The van der Waals surface area contributed by atoms with E-state index in [0.717, 1.165) is 46.0 Å². The molecule has 0 aliphatic rings. The number of amides is 4. The van der Waals surface area contributed by atoms with Gasteiger partial charge in [0.05, 0.1) is 0 Å². The number of benzene rings is 2. The summed E-state index contributed by atoms with van der Waals surface area (Å²) in [6.07, 6.45) is 9.07. The summed E-state index contributed by atoms with van der Waals surface area (Å²) >= 11 is 0.318. The molecule has 0 radical (unpaired) electrons. The molecular formula is C26H38N4O2Se2. The SMILES string of the molecule is CCCCCCNC(=O)Nc1ccccc1[Se][Se]c1ccccc1NC(=O)NCCCCCC. The van der Waals surface area contributed by atoms with E-state index in [4.69, 9.17) is 0 Å². The molecule has 4 N–H and O–H groups in total. The van der Waals surface area contributed by atoms with E-state index in [-0.39, 0.29) is 38.3 Å². The topological polar surface area (TPSA) is 82.3 Å². The second-order valence-electron chi connectivity index (χ2n) is 8.04. The van der Waals surface area contributed by atoms with Crippen LogP contribution in [0.2, 0.25) is 0 Å². The first-order valence-corrected chi connectivity index (χ1v) is 18.3. The number of urea groups is 2. The average Bonchev–Trinajstić information content (AvgIpc) is 2.84. The fourth-order valence-corrected chi connectivity index (χ4v) is 10.2. The monoisotopic (exact) mass is 598 g/mol. The molecule has 2 aromatic carbocycles. The van der Waals surface area contributed by atoms with Crippen LogP contribution in [0.1, 0.15) is 65.2 Å². The van der Waals surface area contributed by atoms with Crippen LogP contribution < -0.4 is 30.2 Å². The van der Waals surface area contributed by atoms with Gasteiger partial charge < -0.3 is 0 Å². The van der Waals surface area contributed by atoms with Gasteiger partial charge >= 0.3 is 216 Å². The van der Waals surface area contributed by atoms with Gasteiger partial charge in [-0.05, 0) is 0 Å². The first-order valence-electron chi connectivity index (χ1n) is 12.3. The van der Waals surface area contributed by atoms with Crippen molar-refractivity contribution in [1.29, 1.82) is 0 Å². The van der Waals surface area contributed by atoms with Crippen LogP contribution in [0, 0.1) is 0 Å². The molecule has 6 nitrogen and oxygen atoms in total. The maximum absolute atomic E-state index is 12.3. The van der Waals surface area contributed by atoms with Crippen molar-refractivity contribution < 1.29 is 9.59 Å². The van der Waals surface area contributed by atoms with E-state index in [0.29, 0.717) is 13.1 Å². The molecule has 8 heteroatoms. The molecule has 0 saturated carbocycles. The summed E-state index contributed by atoms with van der Waals surface area (Å²) in [6, 6.07) is 15.7. The third-order valence-corrected chi connectivity index (χ3v) is 12.4. The van der Waals surface area contributed by atoms with Crippen LogP contribution in [0.25, 0.3) is 0 Å². The molecule has 2 aromatic rings. The molecule has 2 rings (SSSR count). The van der Waals surface area contributed by atoms with Gasteiger partial charge in [0.15, 0.2) is 0 Å². The summed E-state index contributed by atoms with van der Waals surface area (Å²) in [5.41, 5.74) is 1.73. The molecule has 4 amide bonds. The summed E-state index contributed by atoms with van der Waals surface area (Å²) in [7, 11) is 0. The Labute approximate surface area is 215 Å². The van der Waals surface area contributed by atoms with Crippen molar-refractivity contribution in [3.05, 3.63) is 48.5 Å². The average molecular weight is 597 g/mol. The van der Waals surface area contributed by atoms with Crippen LogP contribution in [0.5, 0.6) is 0 Å². The van der Waals surface area contributed by atoms with Gasteiger partial charge in [0.25, 0.3) is 0 Å².